The maximum Gasteiger partial charge on any atom is 0.344 e. The van der Waals surface area contributed by atoms with Crippen molar-refractivity contribution in [1.82, 2.24) is 0 Å². The Balaban J connectivity index is 2.01. The summed E-state index contributed by atoms with van der Waals surface area (Å²) < 4.78 is 21.7. The monoisotopic (exact) mass is 393 g/mol. The number of hydrogen-bond acceptors (Lipinski definition) is 7. The van der Waals surface area contributed by atoms with Gasteiger partial charge in [-0.15, -0.1) is 0 Å². The van der Waals surface area contributed by atoms with E-state index in [4.69, 9.17) is 24.4 Å². The molecule has 2 N–H and O–H groups in total. The Kier molecular flexibility index (Phi) is 4.72. The van der Waals surface area contributed by atoms with Crippen molar-refractivity contribution in [1.29, 1.82) is 0 Å². The summed E-state index contributed by atoms with van der Waals surface area (Å²) in [6.45, 7) is 1.85. The molecule has 29 heavy (non-hydrogen) atoms. The van der Waals surface area contributed by atoms with Crippen LogP contribution in [0.4, 0.5) is 0 Å². The molecule has 0 saturated heterocycles. The molecule has 1 aliphatic heterocycles. The van der Waals surface area contributed by atoms with Crippen LogP contribution < -0.4 is 20.8 Å². The van der Waals surface area contributed by atoms with E-state index in [1.165, 1.54) is 0 Å². The zero-order chi connectivity index (χ0) is 20.5. The molecule has 0 saturated carbocycles. The summed E-state index contributed by atoms with van der Waals surface area (Å²) in [6.07, 6.45) is 0. The first-order chi connectivity index (χ1) is 14.0. The summed E-state index contributed by atoms with van der Waals surface area (Å²) in [5, 5.41) is 0.589. The lowest BCUT2D eigenvalue weighted by molar-refractivity contribution is -0.139. The highest BCUT2D eigenvalue weighted by Crippen LogP contribution is 2.44. The molecule has 2 heterocycles. The van der Waals surface area contributed by atoms with Crippen molar-refractivity contribution >= 4 is 16.9 Å². The predicted octanol–water partition coefficient (Wildman–Crippen LogP) is 3.06. The van der Waals surface area contributed by atoms with Crippen LogP contribution in [-0.4, -0.2) is 19.7 Å². The number of ether oxygens (including phenoxy) is 3. The van der Waals surface area contributed by atoms with Gasteiger partial charge < -0.3 is 24.4 Å². The minimum Gasteiger partial charge on any atom is -0.497 e. The molecule has 148 valence electrons. The van der Waals surface area contributed by atoms with E-state index in [0.29, 0.717) is 22.3 Å². The van der Waals surface area contributed by atoms with Crippen LogP contribution in [-0.2, 0) is 9.53 Å². The van der Waals surface area contributed by atoms with E-state index < -0.39 is 17.5 Å². The van der Waals surface area contributed by atoms with Crippen molar-refractivity contribution in [3.05, 3.63) is 81.5 Å². The second-order valence-corrected chi connectivity index (χ2v) is 6.44. The topological polar surface area (TPSA) is 101 Å². The fraction of sp³-hybridized carbons (Fsp3) is 0.182. The molecular formula is C22H19NO6. The van der Waals surface area contributed by atoms with Gasteiger partial charge in [0.05, 0.1) is 30.6 Å². The van der Waals surface area contributed by atoms with Gasteiger partial charge in [-0.2, -0.15) is 0 Å². The van der Waals surface area contributed by atoms with Gasteiger partial charge in [-0.3, -0.25) is 0 Å². The lowest BCUT2D eigenvalue weighted by Gasteiger charge is -2.28. The number of esters is 1. The SMILES string of the molecule is CCOC(=O)C1=C(N)Oc2c(c(=O)oc3ccccc23)C1c1ccc(OC)cc1. The van der Waals surface area contributed by atoms with Crippen LogP contribution in [0, 0.1) is 0 Å². The number of rotatable bonds is 4. The summed E-state index contributed by atoms with van der Waals surface area (Å²) in [5.74, 6) is -0.634. The zero-order valence-electron chi connectivity index (χ0n) is 15.9. The normalized spacial score (nSPS) is 15.6. The highest BCUT2D eigenvalue weighted by molar-refractivity contribution is 5.94. The number of hydrogen-bond donors (Lipinski definition) is 1. The number of methoxy groups -OCH3 is 1. The van der Waals surface area contributed by atoms with Gasteiger partial charge in [0, 0.05) is 0 Å². The van der Waals surface area contributed by atoms with Crippen LogP contribution in [0.2, 0.25) is 0 Å². The van der Waals surface area contributed by atoms with Crippen molar-refractivity contribution in [2.45, 2.75) is 12.8 Å². The Morgan fingerprint density at radius 2 is 1.86 bits per heavy atom. The van der Waals surface area contributed by atoms with Crippen molar-refractivity contribution < 1.29 is 23.4 Å². The largest absolute Gasteiger partial charge is 0.497 e. The Morgan fingerprint density at radius 3 is 2.55 bits per heavy atom. The number of fused-ring (bicyclic) bond motifs is 3. The third kappa shape index (κ3) is 3.10. The van der Waals surface area contributed by atoms with E-state index >= 15 is 0 Å². The molecule has 0 radical (unpaired) electrons. The molecule has 7 heteroatoms. The van der Waals surface area contributed by atoms with E-state index in [9.17, 15) is 9.59 Å². The molecule has 0 fully saturated rings. The lowest BCUT2D eigenvalue weighted by atomic mass is 9.83. The fourth-order valence-electron chi connectivity index (χ4n) is 3.50. The molecule has 4 rings (SSSR count). The average molecular weight is 393 g/mol. The minimum atomic E-state index is -0.801. The van der Waals surface area contributed by atoms with Crippen LogP contribution in [0.25, 0.3) is 11.0 Å². The summed E-state index contributed by atoms with van der Waals surface area (Å²) in [5.41, 5.74) is 6.84. The van der Waals surface area contributed by atoms with Crippen LogP contribution in [0.15, 0.2) is 69.2 Å². The fourth-order valence-corrected chi connectivity index (χ4v) is 3.50. The minimum absolute atomic E-state index is 0.0621. The molecule has 3 aromatic rings. The Bertz CT molecular complexity index is 1180. The second-order valence-electron chi connectivity index (χ2n) is 6.44. The smallest absolute Gasteiger partial charge is 0.344 e. The van der Waals surface area contributed by atoms with Gasteiger partial charge in [0.15, 0.2) is 5.75 Å². The molecule has 1 unspecified atom stereocenters. The first kappa shape index (κ1) is 18.6. The highest BCUT2D eigenvalue weighted by atomic mass is 16.5. The van der Waals surface area contributed by atoms with E-state index in [0.717, 1.165) is 0 Å². The van der Waals surface area contributed by atoms with Crippen LogP contribution in [0.1, 0.15) is 24.0 Å². The summed E-state index contributed by atoms with van der Waals surface area (Å²) in [6, 6.07) is 14.0. The summed E-state index contributed by atoms with van der Waals surface area (Å²) in [7, 11) is 1.56. The maximum absolute atomic E-state index is 12.9. The van der Waals surface area contributed by atoms with Crippen molar-refractivity contribution in [3.63, 3.8) is 0 Å². The summed E-state index contributed by atoms with van der Waals surface area (Å²) >= 11 is 0. The van der Waals surface area contributed by atoms with Crippen molar-refractivity contribution in [2.24, 2.45) is 5.73 Å². The van der Waals surface area contributed by atoms with Gasteiger partial charge in [-0.05, 0) is 36.8 Å². The highest BCUT2D eigenvalue weighted by Gasteiger charge is 2.39. The van der Waals surface area contributed by atoms with Gasteiger partial charge in [-0.25, -0.2) is 9.59 Å². The molecule has 0 amide bonds. The Hall–Kier alpha value is -3.74. The molecule has 0 spiro atoms. The van der Waals surface area contributed by atoms with Gasteiger partial charge >= 0.3 is 11.6 Å². The van der Waals surface area contributed by atoms with E-state index in [1.54, 1.807) is 62.6 Å². The number of benzene rings is 2. The number of carbonyl (C=O) groups is 1. The number of carbonyl (C=O) groups excluding carboxylic acids is 1. The third-order valence-electron chi connectivity index (χ3n) is 4.80. The Morgan fingerprint density at radius 1 is 1.14 bits per heavy atom. The standard InChI is InChI=1S/C22H19NO6/c1-3-27-21(24)18-16(12-8-10-13(26-2)11-9-12)17-19(29-20(18)23)14-6-4-5-7-15(14)28-22(17)25/h4-11,16H,3,23H2,1-2H3. The molecule has 1 aromatic heterocycles. The maximum atomic E-state index is 12.9. The third-order valence-corrected chi connectivity index (χ3v) is 4.80. The molecule has 7 nitrogen and oxygen atoms in total. The van der Waals surface area contributed by atoms with Crippen LogP contribution >= 0.6 is 0 Å². The second kappa shape index (κ2) is 7.35. The molecule has 2 aromatic carbocycles. The summed E-state index contributed by atoms with van der Waals surface area (Å²) in [4.78, 5) is 25.6. The molecule has 1 aliphatic rings. The molecule has 0 aliphatic carbocycles. The lowest BCUT2D eigenvalue weighted by Crippen LogP contribution is -2.31. The first-order valence-corrected chi connectivity index (χ1v) is 9.09. The van der Waals surface area contributed by atoms with Gasteiger partial charge in [0.1, 0.15) is 16.9 Å². The van der Waals surface area contributed by atoms with E-state index in [2.05, 4.69) is 0 Å². The van der Waals surface area contributed by atoms with Crippen LogP contribution in [0.3, 0.4) is 0 Å². The van der Waals surface area contributed by atoms with Gasteiger partial charge in [0.2, 0.25) is 5.88 Å². The molecule has 1 atom stereocenters. The number of nitrogens with two attached hydrogens (primary N) is 1. The molecular weight excluding hydrogens is 374 g/mol. The van der Waals surface area contributed by atoms with E-state index in [-0.39, 0.29) is 29.4 Å². The number of para-hydroxylation sites is 1. The first-order valence-electron chi connectivity index (χ1n) is 9.09. The van der Waals surface area contributed by atoms with Gasteiger partial charge in [-0.1, -0.05) is 24.3 Å². The predicted molar refractivity (Wildman–Crippen MR) is 106 cm³/mol. The van der Waals surface area contributed by atoms with Crippen molar-refractivity contribution in [2.75, 3.05) is 13.7 Å². The zero-order valence-corrected chi connectivity index (χ0v) is 15.9. The Labute approximate surface area is 166 Å². The average Bonchev–Trinajstić information content (AvgIpc) is 2.73. The van der Waals surface area contributed by atoms with E-state index in [1.807, 2.05) is 0 Å². The molecule has 0 bridgehead atoms. The van der Waals surface area contributed by atoms with Crippen LogP contribution in [0.5, 0.6) is 11.5 Å². The van der Waals surface area contributed by atoms with Gasteiger partial charge in [0.25, 0.3) is 0 Å². The van der Waals surface area contributed by atoms with Crippen molar-refractivity contribution in [3.8, 4) is 11.5 Å². The quantitative estimate of drug-likeness (QED) is 0.537.